The van der Waals surface area contributed by atoms with Crippen LogP contribution in [0.15, 0.2) is 29.2 Å². The van der Waals surface area contributed by atoms with E-state index in [0.717, 1.165) is 19.3 Å². The summed E-state index contributed by atoms with van der Waals surface area (Å²) in [6.45, 7) is 1.10. The lowest BCUT2D eigenvalue weighted by molar-refractivity contribution is -0.384. The monoisotopic (exact) mass is 432 g/mol. The van der Waals surface area contributed by atoms with Gasteiger partial charge in [-0.05, 0) is 30.9 Å². The van der Waals surface area contributed by atoms with E-state index in [2.05, 4.69) is 0 Å². The minimum atomic E-state index is -3.73. The zero-order valence-corrected chi connectivity index (χ0v) is 17.0. The van der Waals surface area contributed by atoms with Gasteiger partial charge < -0.3 is 10.6 Å². The van der Waals surface area contributed by atoms with Crippen LogP contribution in [0.4, 0.5) is 5.69 Å². The van der Waals surface area contributed by atoms with Crippen molar-refractivity contribution in [3.63, 3.8) is 0 Å². The highest BCUT2D eigenvalue weighted by atomic mass is 35.5. The van der Waals surface area contributed by atoms with Gasteiger partial charge in [-0.3, -0.25) is 14.9 Å². The molecule has 0 unspecified atom stereocenters. The molecule has 1 aromatic rings. The number of halogens is 1. The summed E-state index contributed by atoms with van der Waals surface area (Å²) >= 11 is 0. The average Bonchev–Trinajstić information content (AvgIpc) is 3.06. The molecule has 156 valence electrons. The number of sulfonamides is 1. The molecule has 1 amide bonds. The summed E-state index contributed by atoms with van der Waals surface area (Å²) in [6, 6.07) is 4.92. The van der Waals surface area contributed by atoms with E-state index >= 15 is 0 Å². The SMILES string of the molecule is Cl.N[C@@H]1CCC[C@H]1CC(=O)N1CCN(S(=O)(=O)c2ccc([N+](=O)[O-])cc2)CC1. The highest BCUT2D eigenvalue weighted by Crippen LogP contribution is 2.28. The first-order valence-electron chi connectivity index (χ1n) is 9.07. The largest absolute Gasteiger partial charge is 0.340 e. The standard InChI is InChI=1S/C17H24N4O5S.ClH/c18-16-3-1-2-13(16)12-17(22)19-8-10-20(11-9-19)27(25,26)15-6-4-14(5-7-15)21(23)24;/h4-7,13,16H,1-3,8-12,18H2;1H/t13-,16+;/m0./s1. The van der Waals surface area contributed by atoms with E-state index < -0.39 is 14.9 Å². The lowest BCUT2D eigenvalue weighted by Gasteiger charge is -2.34. The van der Waals surface area contributed by atoms with Gasteiger partial charge in [0.05, 0.1) is 9.82 Å². The first kappa shape index (κ1) is 22.5. The van der Waals surface area contributed by atoms with E-state index in [9.17, 15) is 23.3 Å². The third-order valence-electron chi connectivity index (χ3n) is 5.43. The van der Waals surface area contributed by atoms with E-state index in [0.29, 0.717) is 19.5 Å². The maximum atomic E-state index is 12.7. The van der Waals surface area contributed by atoms with Crippen molar-refractivity contribution in [3.05, 3.63) is 34.4 Å². The van der Waals surface area contributed by atoms with Gasteiger partial charge >= 0.3 is 0 Å². The molecule has 1 aliphatic heterocycles. The molecule has 2 aliphatic rings. The molecule has 1 heterocycles. The second kappa shape index (κ2) is 9.17. The molecule has 0 aromatic heterocycles. The lowest BCUT2D eigenvalue weighted by Crippen LogP contribution is -2.51. The molecule has 1 aliphatic carbocycles. The predicted molar refractivity (Wildman–Crippen MR) is 106 cm³/mol. The normalized spacial score (nSPS) is 23.2. The molecule has 2 atom stereocenters. The van der Waals surface area contributed by atoms with Crippen LogP contribution in [-0.2, 0) is 14.8 Å². The maximum Gasteiger partial charge on any atom is 0.269 e. The number of amides is 1. The Morgan fingerprint density at radius 2 is 1.75 bits per heavy atom. The topological polar surface area (TPSA) is 127 Å². The summed E-state index contributed by atoms with van der Waals surface area (Å²) in [5, 5.41) is 10.7. The van der Waals surface area contributed by atoms with Gasteiger partial charge in [-0.2, -0.15) is 4.31 Å². The van der Waals surface area contributed by atoms with Crippen LogP contribution in [-0.4, -0.2) is 60.7 Å². The molecular formula is C17H25ClN4O5S. The number of nitrogens with two attached hydrogens (primary N) is 1. The van der Waals surface area contributed by atoms with Crippen LogP contribution in [0.1, 0.15) is 25.7 Å². The van der Waals surface area contributed by atoms with Gasteiger partial charge in [-0.1, -0.05) is 6.42 Å². The van der Waals surface area contributed by atoms with Crippen molar-refractivity contribution < 1.29 is 18.1 Å². The van der Waals surface area contributed by atoms with E-state index in [-0.39, 0.29) is 53.9 Å². The van der Waals surface area contributed by atoms with Crippen LogP contribution in [0.3, 0.4) is 0 Å². The molecular weight excluding hydrogens is 408 g/mol. The first-order chi connectivity index (χ1) is 12.8. The second-order valence-corrected chi connectivity index (χ2v) is 9.03. The van der Waals surface area contributed by atoms with E-state index in [1.807, 2.05) is 0 Å². The summed E-state index contributed by atoms with van der Waals surface area (Å²) in [5.41, 5.74) is 5.87. The quantitative estimate of drug-likeness (QED) is 0.552. The molecule has 1 saturated heterocycles. The number of non-ortho nitro benzene ring substituents is 1. The van der Waals surface area contributed by atoms with Gasteiger partial charge in [0, 0.05) is 50.8 Å². The Morgan fingerprint density at radius 3 is 2.25 bits per heavy atom. The molecule has 11 heteroatoms. The molecule has 1 aromatic carbocycles. The molecule has 0 radical (unpaired) electrons. The van der Waals surface area contributed by atoms with Crippen LogP contribution in [0.25, 0.3) is 0 Å². The van der Waals surface area contributed by atoms with Crippen LogP contribution >= 0.6 is 12.4 Å². The van der Waals surface area contributed by atoms with Gasteiger partial charge in [0.2, 0.25) is 15.9 Å². The molecule has 1 saturated carbocycles. The Morgan fingerprint density at radius 1 is 1.14 bits per heavy atom. The summed E-state index contributed by atoms with van der Waals surface area (Å²) < 4.78 is 26.7. The van der Waals surface area contributed by atoms with Crippen molar-refractivity contribution >= 4 is 34.0 Å². The van der Waals surface area contributed by atoms with Crippen LogP contribution in [0, 0.1) is 16.0 Å². The van der Waals surface area contributed by atoms with Crippen molar-refractivity contribution in [2.45, 2.75) is 36.6 Å². The average molecular weight is 433 g/mol. The summed E-state index contributed by atoms with van der Waals surface area (Å²) in [5.74, 6) is 0.254. The number of rotatable bonds is 5. The molecule has 0 bridgehead atoms. The number of nitrogens with zero attached hydrogens (tertiary/aromatic N) is 3. The third-order valence-corrected chi connectivity index (χ3v) is 7.34. The maximum absolute atomic E-state index is 12.7. The minimum Gasteiger partial charge on any atom is -0.340 e. The molecule has 2 N–H and O–H groups in total. The van der Waals surface area contributed by atoms with Crippen LogP contribution in [0.2, 0.25) is 0 Å². The Bertz CT molecular complexity index is 809. The fourth-order valence-corrected chi connectivity index (χ4v) is 5.16. The number of hydrogen-bond acceptors (Lipinski definition) is 6. The van der Waals surface area contributed by atoms with Gasteiger partial charge in [0.15, 0.2) is 0 Å². The summed E-state index contributed by atoms with van der Waals surface area (Å²) in [7, 11) is -3.73. The van der Waals surface area contributed by atoms with E-state index in [1.165, 1.54) is 28.6 Å². The fourth-order valence-electron chi connectivity index (χ4n) is 3.74. The minimum absolute atomic E-state index is 0. The summed E-state index contributed by atoms with van der Waals surface area (Å²) in [4.78, 5) is 24.3. The molecule has 9 nitrogen and oxygen atoms in total. The van der Waals surface area contributed by atoms with E-state index in [4.69, 9.17) is 5.73 Å². The lowest BCUT2D eigenvalue weighted by atomic mass is 9.99. The Hall–Kier alpha value is -1.75. The van der Waals surface area contributed by atoms with Crippen molar-refractivity contribution in [2.24, 2.45) is 11.7 Å². The number of carbonyl (C=O) groups is 1. The number of hydrogen-bond donors (Lipinski definition) is 1. The smallest absolute Gasteiger partial charge is 0.269 e. The van der Waals surface area contributed by atoms with Crippen molar-refractivity contribution in [3.8, 4) is 0 Å². The van der Waals surface area contributed by atoms with Gasteiger partial charge in [-0.25, -0.2) is 8.42 Å². The number of carbonyl (C=O) groups excluding carboxylic acids is 1. The van der Waals surface area contributed by atoms with Crippen molar-refractivity contribution in [1.82, 2.24) is 9.21 Å². The Labute approximate surface area is 170 Å². The second-order valence-electron chi connectivity index (χ2n) is 7.09. The molecule has 28 heavy (non-hydrogen) atoms. The molecule has 2 fully saturated rings. The Balaban J connectivity index is 0.00000280. The van der Waals surface area contributed by atoms with Gasteiger partial charge in [0.25, 0.3) is 5.69 Å². The van der Waals surface area contributed by atoms with Gasteiger partial charge in [-0.15, -0.1) is 12.4 Å². The van der Waals surface area contributed by atoms with Crippen LogP contribution in [0.5, 0.6) is 0 Å². The highest BCUT2D eigenvalue weighted by Gasteiger charge is 2.32. The summed E-state index contributed by atoms with van der Waals surface area (Å²) in [6.07, 6.45) is 3.41. The zero-order valence-electron chi connectivity index (χ0n) is 15.4. The number of nitro benzene ring substituents is 1. The number of nitro groups is 1. The Kier molecular flexibility index (Phi) is 7.38. The first-order valence-corrected chi connectivity index (χ1v) is 10.5. The number of piperazine rings is 1. The third kappa shape index (κ3) is 4.80. The zero-order chi connectivity index (χ0) is 19.6. The van der Waals surface area contributed by atoms with Crippen molar-refractivity contribution in [2.75, 3.05) is 26.2 Å². The predicted octanol–water partition coefficient (Wildman–Crippen LogP) is 1.37. The highest BCUT2D eigenvalue weighted by molar-refractivity contribution is 7.89. The molecule has 0 spiro atoms. The van der Waals surface area contributed by atoms with Gasteiger partial charge in [0.1, 0.15) is 0 Å². The van der Waals surface area contributed by atoms with Crippen LogP contribution < -0.4 is 5.73 Å². The molecule has 3 rings (SSSR count). The van der Waals surface area contributed by atoms with E-state index in [1.54, 1.807) is 4.90 Å². The fraction of sp³-hybridized carbons (Fsp3) is 0.588. The van der Waals surface area contributed by atoms with Crippen molar-refractivity contribution in [1.29, 1.82) is 0 Å². The number of benzene rings is 1.